The SMILES string of the molecule is NS(=O)(=O)c1ccc(=O)[nH]c1.Nc1c2c(cc3c1CCC3)CCC2.O=C(CS(=O)(=O)c1ccc(=O)[nH]c1)Nc1c2c(cc3c1CCC3)CCC2. The first-order chi connectivity index (χ1) is 23.8. The highest BCUT2D eigenvalue weighted by atomic mass is 32.2. The number of fused-ring (bicyclic) bond motifs is 4. The summed E-state index contributed by atoms with van der Waals surface area (Å²) in [7, 11) is -7.50. The lowest BCUT2D eigenvalue weighted by Crippen LogP contribution is -2.24. The van der Waals surface area contributed by atoms with Gasteiger partial charge in [0.15, 0.2) is 9.84 Å². The molecule has 8 rings (SSSR count). The number of pyridine rings is 2. The number of anilines is 2. The van der Waals surface area contributed by atoms with Crippen LogP contribution in [0.15, 0.2) is 68.2 Å². The number of aromatic amines is 2. The Morgan fingerprint density at radius 1 is 0.640 bits per heavy atom. The average Bonchev–Trinajstić information content (AvgIpc) is 3.89. The first kappa shape index (κ1) is 35.3. The van der Waals surface area contributed by atoms with E-state index >= 15 is 0 Å². The Kier molecular flexibility index (Phi) is 10.1. The number of benzene rings is 2. The van der Waals surface area contributed by atoms with Gasteiger partial charge in [0.1, 0.15) is 5.75 Å². The van der Waals surface area contributed by atoms with Gasteiger partial charge in [0.05, 0.1) is 9.79 Å². The van der Waals surface area contributed by atoms with Crippen molar-refractivity contribution < 1.29 is 21.6 Å². The van der Waals surface area contributed by atoms with Gasteiger partial charge in [-0.15, -0.1) is 0 Å². The third-order valence-electron chi connectivity index (χ3n) is 9.78. The number of H-pyrrole nitrogens is 2. The van der Waals surface area contributed by atoms with E-state index in [1.165, 1.54) is 89.1 Å². The molecule has 1 amide bonds. The van der Waals surface area contributed by atoms with Crippen LogP contribution in [0, 0.1) is 0 Å². The van der Waals surface area contributed by atoms with Crippen LogP contribution < -0.4 is 27.3 Å². The van der Waals surface area contributed by atoms with Crippen LogP contribution in [0.25, 0.3) is 0 Å². The van der Waals surface area contributed by atoms with Crippen LogP contribution in [0.1, 0.15) is 70.2 Å². The van der Waals surface area contributed by atoms with Crippen LogP contribution in [0.3, 0.4) is 0 Å². The maximum atomic E-state index is 12.5. The molecule has 0 bridgehead atoms. The summed E-state index contributed by atoms with van der Waals surface area (Å²) >= 11 is 0. The van der Waals surface area contributed by atoms with E-state index in [-0.39, 0.29) is 20.9 Å². The summed E-state index contributed by atoms with van der Waals surface area (Å²) in [6.07, 6.45) is 15.7. The standard InChI is InChI=1S/C19H20N2O4S.C12H15N.C5H6N2O3S/c22-17-8-7-14(10-20-17)26(24,25)11-18(23)21-19-15-5-1-3-12(15)9-13-4-2-6-16(13)19;13-12-10-5-1-3-8(10)7-9-4-2-6-11(9)12;6-11(9,10)4-1-2-5(8)7-3-4/h7-10H,1-6,11H2,(H,20,22)(H,21,23);7H,1-6,13H2;1-3H,(H,7,8)(H2,6,9,10). The van der Waals surface area contributed by atoms with E-state index in [1.54, 1.807) is 0 Å². The monoisotopic (exact) mass is 719 g/mol. The van der Waals surface area contributed by atoms with Gasteiger partial charge >= 0.3 is 0 Å². The Balaban J connectivity index is 0.000000149. The Hall–Kier alpha value is -4.53. The van der Waals surface area contributed by atoms with Crippen LogP contribution in [0.5, 0.6) is 0 Å². The molecule has 4 aliphatic carbocycles. The van der Waals surface area contributed by atoms with Gasteiger partial charge in [-0.3, -0.25) is 14.4 Å². The lowest BCUT2D eigenvalue weighted by Gasteiger charge is -2.16. The number of rotatable bonds is 5. The van der Waals surface area contributed by atoms with Gasteiger partial charge in [0.2, 0.25) is 27.0 Å². The smallest absolute Gasteiger partial charge is 0.247 e. The second kappa shape index (κ2) is 14.4. The fourth-order valence-electron chi connectivity index (χ4n) is 7.42. The zero-order valence-corrected chi connectivity index (χ0v) is 29.3. The number of amides is 1. The minimum atomic E-state index is -3.81. The van der Waals surface area contributed by atoms with Gasteiger partial charge in [-0.05, 0) is 134 Å². The third kappa shape index (κ3) is 7.77. The maximum Gasteiger partial charge on any atom is 0.247 e. The van der Waals surface area contributed by atoms with Crippen LogP contribution in [-0.2, 0) is 76.0 Å². The molecule has 0 saturated heterocycles. The molecule has 0 saturated carbocycles. The first-order valence-electron chi connectivity index (χ1n) is 16.8. The fourth-order valence-corrected chi connectivity index (χ4v) is 9.00. The van der Waals surface area contributed by atoms with E-state index in [0.717, 1.165) is 80.5 Å². The third-order valence-corrected chi connectivity index (χ3v) is 12.3. The van der Waals surface area contributed by atoms with Crippen molar-refractivity contribution in [2.24, 2.45) is 5.14 Å². The van der Waals surface area contributed by atoms with Crippen LogP contribution in [0.4, 0.5) is 11.4 Å². The number of aryl methyl sites for hydroxylation is 4. The Labute approximate surface area is 290 Å². The zero-order valence-electron chi connectivity index (χ0n) is 27.6. The molecular formula is C36H41N5O7S2. The summed E-state index contributed by atoms with van der Waals surface area (Å²) in [5, 5.41) is 7.65. The quantitative estimate of drug-likeness (QED) is 0.193. The number of nitrogen functional groups attached to an aromatic ring is 1. The van der Waals surface area contributed by atoms with Crippen molar-refractivity contribution in [2.75, 3.05) is 16.8 Å². The van der Waals surface area contributed by atoms with Gasteiger partial charge < -0.3 is 21.0 Å². The van der Waals surface area contributed by atoms with Crippen molar-refractivity contribution in [2.45, 2.75) is 86.8 Å². The molecule has 50 heavy (non-hydrogen) atoms. The predicted molar refractivity (Wildman–Crippen MR) is 192 cm³/mol. The van der Waals surface area contributed by atoms with Crippen molar-refractivity contribution in [1.29, 1.82) is 0 Å². The summed E-state index contributed by atoms with van der Waals surface area (Å²) < 4.78 is 46.1. The topological polar surface area (TPSA) is 215 Å². The maximum absolute atomic E-state index is 12.5. The highest BCUT2D eigenvalue weighted by molar-refractivity contribution is 7.92. The molecular weight excluding hydrogens is 679 g/mol. The van der Waals surface area contributed by atoms with E-state index in [1.807, 2.05) is 0 Å². The molecule has 0 fully saturated rings. The van der Waals surface area contributed by atoms with Gasteiger partial charge in [-0.1, -0.05) is 12.1 Å². The molecule has 2 heterocycles. The zero-order chi connectivity index (χ0) is 35.6. The van der Waals surface area contributed by atoms with E-state index in [0.29, 0.717) is 0 Å². The normalized spacial score (nSPS) is 15.5. The molecule has 12 nitrogen and oxygen atoms in total. The van der Waals surface area contributed by atoms with E-state index < -0.39 is 31.5 Å². The molecule has 4 aromatic rings. The second-order valence-electron chi connectivity index (χ2n) is 13.1. The average molecular weight is 720 g/mol. The number of carbonyl (C=O) groups is 1. The highest BCUT2D eigenvalue weighted by Crippen LogP contribution is 2.39. The molecule has 0 aliphatic heterocycles. The summed E-state index contributed by atoms with van der Waals surface area (Å²) in [6, 6.07) is 9.29. The molecule has 0 radical (unpaired) electrons. The lowest BCUT2D eigenvalue weighted by atomic mass is 9.98. The van der Waals surface area contributed by atoms with E-state index in [9.17, 15) is 31.2 Å². The highest BCUT2D eigenvalue weighted by Gasteiger charge is 2.27. The van der Waals surface area contributed by atoms with Crippen LogP contribution in [-0.4, -0.2) is 38.5 Å². The van der Waals surface area contributed by atoms with Crippen LogP contribution >= 0.6 is 0 Å². The minimum Gasteiger partial charge on any atom is -0.398 e. The number of nitrogens with one attached hydrogen (secondary N) is 3. The molecule has 0 spiro atoms. The summed E-state index contributed by atoms with van der Waals surface area (Å²) in [5.74, 6) is -1.18. The van der Waals surface area contributed by atoms with Gasteiger partial charge in [0, 0.05) is 35.9 Å². The first-order valence-corrected chi connectivity index (χ1v) is 20.0. The van der Waals surface area contributed by atoms with Crippen molar-refractivity contribution in [3.8, 4) is 0 Å². The number of sulfonamides is 1. The molecule has 7 N–H and O–H groups in total. The summed E-state index contributed by atoms with van der Waals surface area (Å²) in [6.45, 7) is 0. The minimum absolute atomic E-state index is 0.0595. The number of hydrogen-bond donors (Lipinski definition) is 5. The Bertz CT molecular complexity index is 2210. The number of aromatic nitrogens is 2. The summed E-state index contributed by atoms with van der Waals surface area (Å²) in [5.41, 5.74) is 18.3. The van der Waals surface area contributed by atoms with Crippen molar-refractivity contribution in [3.05, 3.63) is 114 Å². The van der Waals surface area contributed by atoms with Gasteiger partial charge in [-0.25, -0.2) is 22.0 Å². The molecule has 0 unspecified atom stereocenters. The van der Waals surface area contributed by atoms with Crippen LogP contribution in [0.2, 0.25) is 0 Å². The molecule has 2 aromatic heterocycles. The number of hydrogen-bond acceptors (Lipinski definition) is 8. The number of sulfone groups is 1. The predicted octanol–water partition coefficient (Wildman–Crippen LogP) is 3.03. The van der Waals surface area contributed by atoms with Gasteiger partial charge in [0.25, 0.3) is 0 Å². The number of primary sulfonamides is 1. The number of carbonyl (C=O) groups excluding carboxylic acids is 1. The summed E-state index contributed by atoms with van der Waals surface area (Å²) in [4.78, 5) is 38.4. The molecule has 4 aliphatic rings. The van der Waals surface area contributed by atoms with Crippen molar-refractivity contribution >= 4 is 37.1 Å². The van der Waals surface area contributed by atoms with Crippen molar-refractivity contribution in [3.63, 3.8) is 0 Å². The fraction of sp³-hybridized carbons (Fsp3) is 0.361. The van der Waals surface area contributed by atoms with Crippen molar-refractivity contribution in [1.82, 2.24) is 9.97 Å². The lowest BCUT2D eigenvalue weighted by molar-refractivity contribution is -0.113. The Morgan fingerprint density at radius 3 is 1.48 bits per heavy atom. The second-order valence-corrected chi connectivity index (χ2v) is 16.7. The molecule has 2 aromatic carbocycles. The Morgan fingerprint density at radius 2 is 1.06 bits per heavy atom. The molecule has 14 heteroatoms. The molecule has 264 valence electrons. The largest absolute Gasteiger partial charge is 0.398 e. The van der Waals surface area contributed by atoms with Gasteiger partial charge in [-0.2, -0.15) is 0 Å². The van der Waals surface area contributed by atoms with E-state index in [4.69, 9.17) is 10.9 Å². The number of nitrogens with two attached hydrogens (primary N) is 2. The molecule has 0 atom stereocenters. The van der Waals surface area contributed by atoms with E-state index in [2.05, 4.69) is 27.4 Å².